The Hall–Kier alpha value is -1.31. The van der Waals surface area contributed by atoms with E-state index in [4.69, 9.17) is 4.74 Å². The first-order chi connectivity index (χ1) is 15.8. The minimum atomic E-state index is -0.147. The van der Waals surface area contributed by atoms with E-state index >= 15 is 0 Å². The van der Waals surface area contributed by atoms with Crippen LogP contribution in [-0.4, -0.2) is 12.1 Å². The number of carbonyl (C=O) groups excluding carboxylic acids is 1. The van der Waals surface area contributed by atoms with Crippen LogP contribution in [0.25, 0.3) is 0 Å². The Kier molecular flexibility index (Phi) is 6.80. The molecule has 0 aromatic carbocycles. The molecule has 8 atom stereocenters. The molecule has 3 saturated carbocycles. The van der Waals surface area contributed by atoms with E-state index in [9.17, 15) is 4.79 Å². The van der Waals surface area contributed by atoms with E-state index < -0.39 is 0 Å². The first kappa shape index (κ1) is 25.8. The zero-order chi connectivity index (χ0) is 25.1. The number of fused-ring (bicyclic) bond motifs is 5. The summed E-state index contributed by atoms with van der Waals surface area (Å²) in [6.07, 6.45) is 17.4. The Bertz CT molecular complexity index is 889. The SMILES string of the molecule is CC(=O)O[C@H]1CC[C@@]2(C)C(=CC=C3[C@H]2CC[C@@]2(C)[C@H]3CC[C@H]2[C@@H](C)/C=C/[C@H](C)C(C)C)C1(C)C. The van der Waals surface area contributed by atoms with Gasteiger partial charge < -0.3 is 4.74 Å². The van der Waals surface area contributed by atoms with Crippen molar-refractivity contribution >= 4 is 5.97 Å². The average Bonchev–Trinajstić information content (AvgIpc) is 3.11. The number of carbonyl (C=O) groups is 1. The zero-order valence-corrected chi connectivity index (χ0v) is 23.4. The van der Waals surface area contributed by atoms with Crippen LogP contribution in [0.15, 0.2) is 35.5 Å². The van der Waals surface area contributed by atoms with Gasteiger partial charge in [-0.15, -0.1) is 0 Å². The van der Waals surface area contributed by atoms with Gasteiger partial charge in [0, 0.05) is 12.3 Å². The molecule has 3 fully saturated rings. The fourth-order valence-electron chi connectivity index (χ4n) is 8.71. The monoisotopic (exact) mass is 466 g/mol. The Morgan fingerprint density at radius 2 is 1.65 bits per heavy atom. The molecule has 0 aromatic heterocycles. The summed E-state index contributed by atoms with van der Waals surface area (Å²) in [6, 6.07) is 0. The number of allylic oxidation sites excluding steroid dienone is 5. The Morgan fingerprint density at radius 1 is 0.941 bits per heavy atom. The summed E-state index contributed by atoms with van der Waals surface area (Å²) in [5, 5.41) is 0. The second-order valence-electron chi connectivity index (χ2n) is 13.7. The molecule has 0 spiro atoms. The van der Waals surface area contributed by atoms with E-state index in [0.29, 0.717) is 29.1 Å². The molecule has 0 bridgehead atoms. The minimum Gasteiger partial charge on any atom is -0.462 e. The number of ether oxygens (including phenoxy) is 1. The maximum Gasteiger partial charge on any atom is 0.302 e. The van der Waals surface area contributed by atoms with Crippen LogP contribution in [0.1, 0.15) is 101 Å². The average molecular weight is 467 g/mol. The van der Waals surface area contributed by atoms with Crippen molar-refractivity contribution in [2.24, 2.45) is 51.8 Å². The predicted octanol–water partition coefficient (Wildman–Crippen LogP) is 8.54. The van der Waals surface area contributed by atoms with Crippen LogP contribution < -0.4 is 0 Å². The molecule has 0 aromatic rings. The lowest BCUT2D eigenvalue weighted by molar-refractivity contribution is -0.155. The van der Waals surface area contributed by atoms with Gasteiger partial charge in [0.25, 0.3) is 0 Å². The highest BCUT2D eigenvalue weighted by Crippen LogP contribution is 2.67. The molecule has 0 aliphatic heterocycles. The summed E-state index contributed by atoms with van der Waals surface area (Å²) in [4.78, 5) is 11.8. The molecule has 190 valence electrons. The summed E-state index contributed by atoms with van der Waals surface area (Å²) in [7, 11) is 0. The van der Waals surface area contributed by atoms with Gasteiger partial charge in [-0.1, -0.05) is 90.8 Å². The van der Waals surface area contributed by atoms with Crippen molar-refractivity contribution < 1.29 is 9.53 Å². The van der Waals surface area contributed by atoms with Gasteiger partial charge in [-0.3, -0.25) is 4.79 Å². The van der Waals surface area contributed by atoms with Gasteiger partial charge in [0.15, 0.2) is 0 Å². The number of rotatable bonds is 5. The molecule has 4 aliphatic rings. The van der Waals surface area contributed by atoms with Crippen molar-refractivity contribution in [1.82, 2.24) is 0 Å². The zero-order valence-electron chi connectivity index (χ0n) is 23.4. The van der Waals surface area contributed by atoms with Gasteiger partial charge in [0.05, 0.1) is 0 Å². The first-order valence-corrected chi connectivity index (χ1v) is 14.1. The molecule has 2 heteroatoms. The van der Waals surface area contributed by atoms with E-state index in [1.54, 1.807) is 12.5 Å². The lowest BCUT2D eigenvalue weighted by Gasteiger charge is -2.58. The summed E-state index contributed by atoms with van der Waals surface area (Å²) in [6.45, 7) is 20.8. The molecular formula is C32H50O2. The molecule has 0 radical (unpaired) electrons. The first-order valence-electron chi connectivity index (χ1n) is 14.1. The molecule has 0 saturated heterocycles. The number of hydrogen-bond donors (Lipinski definition) is 0. The van der Waals surface area contributed by atoms with Crippen molar-refractivity contribution in [2.75, 3.05) is 0 Å². The van der Waals surface area contributed by atoms with Gasteiger partial charge >= 0.3 is 5.97 Å². The Balaban J connectivity index is 1.61. The standard InChI is InChI=1S/C32H50O2/c1-20(2)21(3)10-11-22(4)25-13-14-26-24-12-15-28-30(6,7)29(34-23(5)33)17-19-32(28,9)27(24)16-18-31(25,26)8/h10-12,15,20-22,25-27,29H,13-14,16-19H2,1-9H3/b11-10+/t21-,22-,25-,26-,27+,29-,31+,32+/m0/s1. The van der Waals surface area contributed by atoms with Crippen LogP contribution >= 0.6 is 0 Å². The van der Waals surface area contributed by atoms with Crippen molar-refractivity contribution in [3.63, 3.8) is 0 Å². The third-order valence-corrected chi connectivity index (χ3v) is 11.2. The minimum absolute atomic E-state index is 0.00939. The predicted molar refractivity (Wildman–Crippen MR) is 142 cm³/mol. The van der Waals surface area contributed by atoms with Crippen molar-refractivity contribution in [2.45, 2.75) is 107 Å². The van der Waals surface area contributed by atoms with Gasteiger partial charge in [0.2, 0.25) is 0 Å². The van der Waals surface area contributed by atoms with Crippen LogP contribution in [0.5, 0.6) is 0 Å². The van der Waals surface area contributed by atoms with Crippen molar-refractivity contribution in [3.8, 4) is 0 Å². The third kappa shape index (κ3) is 4.05. The van der Waals surface area contributed by atoms with Crippen LogP contribution in [0.4, 0.5) is 0 Å². The van der Waals surface area contributed by atoms with Crippen LogP contribution in [0.3, 0.4) is 0 Å². The fraction of sp³-hybridized carbons (Fsp3) is 0.781. The summed E-state index contributed by atoms with van der Waals surface area (Å²) in [5.41, 5.74) is 3.77. The van der Waals surface area contributed by atoms with Gasteiger partial charge in [-0.2, -0.15) is 0 Å². The molecule has 0 heterocycles. The normalized spacial score (nSPS) is 40.6. The van der Waals surface area contributed by atoms with Crippen LogP contribution in [0.2, 0.25) is 0 Å². The molecule has 0 N–H and O–H groups in total. The quantitative estimate of drug-likeness (QED) is 0.300. The maximum atomic E-state index is 11.8. The summed E-state index contributed by atoms with van der Waals surface area (Å²) < 4.78 is 5.81. The van der Waals surface area contributed by atoms with Crippen LogP contribution in [0, 0.1) is 51.8 Å². The Labute approximate surface area is 209 Å². The Morgan fingerprint density at radius 3 is 2.29 bits per heavy atom. The second kappa shape index (κ2) is 8.97. The van der Waals surface area contributed by atoms with E-state index in [-0.39, 0.29) is 22.9 Å². The molecule has 0 amide bonds. The topological polar surface area (TPSA) is 26.3 Å². The van der Waals surface area contributed by atoms with Crippen molar-refractivity contribution in [1.29, 1.82) is 0 Å². The molecule has 34 heavy (non-hydrogen) atoms. The molecule has 4 aliphatic carbocycles. The highest BCUT2D eigenvalue weighted by molar-refractivity contribution is 5.66. The van der Waals surface area contributed by atoms with E-state index in [2.05, 4.69) is 79.7 Å². The maximum absolute atomic E-state index is 11.8. The van der Waals surface area contributed by atoms with Gasteiger partial charge in [-0.05, 0) is 84.9 Å². The molecule has 4 rings (SSSR count). The number of esters is 1. The van der Waals surface area contributed by atoms with E-state index in [1.165, 1.54) is 31.3 Å². The van der Waals surface area contributed by atoms with E-state index in [0.717, 1.165) is 24.7 Å². The molecule has 0 unspecified atom stereocenters. The fourth-order valence-corrected chi connectivity index (χ4v) is 8.71. The highest BCUT2D eigenvalue weighted by Gasteiger charge is 2.59. The second-order valence-corrected chi connectivity index (χ2v) is 13.7. The lowest BCUT2D eigenvalue weighted by Crippen LogP contribution is -2.52. The summed E-state index contributed by atoms with van der Waals surface area (Å²) >= 11 is 0. The molecule has 2 nitrogen and oxygen atoms in total. The van der Waals surface area contributed by atoms with E-state index in [1.807, 2.05) is 0 Å². The highest BCUT2D eigenvalue weighted by atomic mass is 16.5. The smallest absolute Gasteiger partial charge is 0.302 e. The van der Waals surface area contributed by atoms with Gasteiger partial charge in [-0.25, -0.2) is 0 Å². The van der Waals surface area contributed by atoms with Crippen LogP contribution in [-0.2, 0) is 9.53 Å². The van der Waals surface area contributed by atoms with Crippen molar-refractivity contribution in [3.05, 3.63) is 35.5 Å². The lowest BCUT2D eigenvalue weighted by atomic mass is 9.47. The third-order valence-electron chi connectivity index (χ3n) is 11.2. The number of hydrogen-bond acceptors (Lipinski definition) is 2. The summed E-state index contributed by atoms with van der Waals surface area (Å²) in [5.74, 6) is 4.01. The van der Waals surface area contributed by atoms with Gasteiger partial charge in [0.1, 0.15) is 6.10 Å². The molecular weight excluding hydrogens is 416 g/mol. The largest absolute Gasteiger partial charge is 0.462 e.